The molecule has 3 heteroatoms. The van der Waals surface area contributed by atoms with Crippen LogP contribution in [0.5, 0.6) is 0 Å². The van der Waals surface area contributed by atoms with Gasteiger partial charge in [-0.15, -0.1) is 0 Å². The van der Waals surface area contributed by atoms with Crippen molar-refractivity contribution < 1.29 is 4.74 Å². The van der Waals surface area contributed by atoms with E-state index in [-0.39, 0.29) is 0 Å². The van der Waals surface area contributed by atoms with Crippen LogP contribution in [0, 0.1) is 5.41 Å². The SMILES string of the molecule is CCOC1CC(NCCCCCSC)C1(C)C. The summed E-state index contributed by atoms with van der Waals surface area (Å²) in [5.74, 6) is 1.31. The molecule has 1 fully saturated rings. The number of rotatable bonds is 9. The smallest absolute Gasteiger partial charge is 0.0655 e. The topological polar surface area (TPSA) is 21.3 Å². The Hall–Kier alpha value is 0.270. The molecule has 0 heterocycles. The second-order valence-electron chi connectivity index (χ2n) is 5.56. The van der Waals surface area contributed by atoms with E-state index in [1.807, 2.05) is 11.8 Å². The highest BCUT2D eigenvalue weighted by Crippen LogP contribution is 2.42. The fraction of sp³-hybridized carbons (Fsp3) is 1.00. The first-order chi connectivity index (χ1) is 8.12. The van der Waals surface area contributed by atoms with Crippen LogP contribution in [-0.4, -0.2) is 37.3 Å². The normalized spacial score (nSPS) is 26.8. The predicted molar refractivity (Wildman–Crippen MR) is 77.8 cm³/mol. The summed E-state index contributed by atoms with van der Waals surface area (Å²) in [5.41, 5.74) is 0.315. The van der Waals surface area contributed by atoms with E-state index in [1.54, 1.807) is 0 Å². The van der Waals surface area contributed by atoms with Crippen LogP contribution in [0.2, 0.25) is 0 Å². The maximum absolute atomic E-state index is 5.74. The Morgan fingerprint density at radius 3 is 2.65 bits per heavy atom. The summed E-state index contributed by atoms with van der Waals surface area (Å²) in [4.78, 5) is 0. The van der Waals surface area contributed by atoms with Crippen molar-refractivity contribution >= 4 is 11.8 Å². The van der Waals surface area contributed by atoms with Crippen LogP contribution < -0.4 is 5.32 Å². The maximum atomic E-state index is 5.74. The predicted octanol–water partition coefficient (Wildman–Crippen LogP) is 3.31. The second-order valence-corrected chi connectivity index (χ2v) is 6.55. The van der Waals surface area contributed by atoms with Crippen LogP contribution in [0.25, 0.3) is 0 Å². The van der Waals surface area contributed by atoms with Gasteiger partial charge in [0.05, 0.1) is 6.10 Å². The molecule has 1 aliphatic rings. The third kappa shape index (κ3) is 4.46. The van der Waals surface area contributed by atoms with Gasteiger partial charge in [-0.3, -0.25) is 0 Å². The van der Waals surface area contributed by atoms with Crippen LogP contribution in [0.4, 0.5) is 0 Å². The first-order valence-corrected chi connectivity index (χ1v) is 8.36. The molecular formula is C14H29NOS. The van der Waals surface area contributed by atoms with E-state index in [0.717, 1.165) is 6.61 Å². The van der Waals surface area contributed by atoms with Crippen molar-refractivity contribution in [3.8, 4) is 0 Å². The summed E-state index contributed by atoms with van der Waals surface area (Å²) in [6, 6.07) is 0.652. The molecule has 0 amide bonds. The van der Waals surface area contributed by atoms with Gasteiger partial charge in [-0.2, -0.15) is 11.8 Å². The second kappa shape index (κ2) is 7.65. The van der Waals surface area contributed by atoms with Crippen molar-refractivity contribution in [2.75, 3.05) is 25.2 Å². The Balaban J connectivity index is 2.05. The molecule has 0 aromatic heterocycles. The Bertz CT molecular complexity index is 208. The molecule has 1 N–H and O–H groups in total. The van der Waals surface area contributed by atoms with Crippen molar-refractivity contribution in [3.05, 3.63) is 0 Å². The molecule has 2 atom stereocenters. The number of ether oxygens (including phenoxy) is 1. The third-order valence-corrected chi connectivity index (χ3v) is 4.66. The minimum absolute atomic E-state index is 0.315. The summed E-state index contributed by atoms with van der Waals surface area (Å²) >= 11 is 1.95. The van der Waals surface area contributed by atoms with Gasteiger partial charge in [-0.05, 0) is 44.7 Å². The zero-order valence-corrected chi connectivity index (χ0v) is 12.7. The molecular weight excluding hydrogens is 230 g/mol. The highest BCUT2D eigenvalue weighted by Gasteiger charge is 2.48. The quantitative estimate of drug-likeness (QED) is 0.642. The fourth-order valence-electron chi connectivity index (χ4n) is 2.54. The number of hydrogen-bond donors (Lipinski definition) is 1. The van der Waals surface area contributed by atoms with Crippen LogP contribution in [-0.2, 0) is 4.74 Å². The fourth-order valence-corrected chi connectivity index (χ4v) is 3.03. The van der Waals surface area contributed by atoms with Crippen LogP contribution in [0.1, 0.15) is 46.5 Å². The average Bonchev–Trinajstić information content (AvgIpc) is 2.31. The summed E-state index contributed by atoms with van der Waals surface area (Å²) in [5, 5.41) is 3.69. The minimum Gasteiger partial charge on any atom is -0.378 e. The van der Waals surface area contributed by atoms with Gasteiger partial charge < -0.3 is 10.1 Å². The Kier molecular flexibility index (Phi) is 6.90. The molecule has 0 saturated heterocycles. The molecule has 0 aromatic rings. The van der Waals surface area contributed by atoms with Gasteiger partial charge in [0.2, 0.25) is 0 Å². The molecule has 0 radical (unpaired) electrons. The van der Waals surface area contributed by atoms with Gasteiger partial charge in [0.1, 0.15) is 0 Å². The van der Waals surface area contributed by atoms with E-state index in [2.05, 4.69) is 32.3 Å². The van der Waals surface area contributed by atoms with Crippen molar-refractivity contribution in [3.63, 3.8) is 0 Å². The lowest BCUT2D eigenvalue weighted by molar-refractivity contribution is -0.113. The number of hydrogen-bond acceptors (Lipinski definition) is 3. The van der Waals surface area contributed by atoms with E-state index in [4.69, 9.17) is 4.74 Å². The van der Waals surface area contributed by atoms with Gasteiger partial charge >= 0.3 is 0 Å². The zero-order chi connectivity index (χ0) is 12.7. The molecule has 1 saturated carbocycles. The first kappa shape index (κ1) is 15.3. The van der Waals surface area contributed by atoms with E-state index < -0.39 is 0 Å². The molecule has 17 heavy (non-hydrogen) atoms. The van der Waals surface area contributed by atoms with E-state index in [0.29, 0.717) is 17.6 Å². The first-order valence-electron chi connectivity index (χ1n) is 6.96. The standard InChI is InChI=1S/C14H29NOS/c1-5-16-13-11-12(14(13,2)3)15-9-7-6-8-10-17-4/h12-13,15H,5-11H2,1-4H3. The Morgan fingerprint density at radius 1 is 1.29 bits per heavy atom. The molecule has 0 aliphatic heterocycles. The van der Waals surface area contributed by atoms with E-state index in [9.17, 15) is 0 Å². The molecule has 1 aliphatic carbocycles. The number of thioether (sulfide) groups is 1. The summed E-state index contributed by atoms with van der Waals surface area (Å²) in [6.45, 7) is 8.74. The highest BCUT2D eigenvalue weighted by molar-refractivity contribution is 7.98. The van der Waals surface area contributed by atoms with Gasteiger partial charge in [0.15, 0.2) is 0 Å². The molecule has 0 aromatic carbocycles. The molecule has 0 spiro atoms. The largest absolute Gasteiger partial charge is 0.378 e. The number of unbranched alkanes of at least 4 members (excludes halogenated alkanes) is 2. The maximum Gasteiger partial charge on any atom is 0.0655 e. The van der Waals surface area contributed by atoms with Gasteiger partial charge in [0.25, 0.3) is 0 Å². The third-order valence-electron chi connectivity index (χ3n) is 3.96. The van der Waals surface area contributed by atoms with Crippen molar-refractivity contribution in [2.45, 2.75) is 58.6 Å². The van der Waals surface area contributed by atoms with Gasteiger partial charge in [-0.25, -0.2) is 0 Å². The lowest BCUT2D eigenvalue weighted by Gasteiger charge is -2.52. The summed E-state index contributed by atoms with van der Waals surface area (Å²) in [6.07, 6.45) is 7.86. The number of nitrogens with one attached hydrogen (secondary N) is 1. The van der Waals surface area contributed by atoms with Crippen molar-refractivity contribution in [1.29, 1.82) is 0 Å². The summed E-state index contributed by atoms with van der Waals surface area (Å²) in [7, 11) is 0. The van der Waals surface area contributed by atoms with Gasteiger partial charge in [-0.1, -0.05) is 20.3 Å². The lowest BCUT2D eigenvalue weighted by Crippen LogP contribution is -2.61. The Labute approximate surface area is 111 Å². The van der Waals surface area contributed by atoms with Crippen LogP contribution >= 0.6 is 11.8 Å². The summed E-state index contributed by atoms with van der Waals surface area (Å²) < 4.78 is 5.74. The molecule has 2 unspecified atom stereocenters. The van der Waals surface area contributed by atoms with Gasteiger partial charge in [0, 0.05) is 18.1 Å². The highest BCUT2D eigenvalue weighted by atomic mass is 32.2. The minimum atomic E-state index is 0.315. The lowest BCUT2D eigenvalue weighted by atomic mass is 9.64. The molecule has 0 bridgehead atoms. The molecule has 2 nitrogen and oxygen atoms in total. The average molecular weight is 259 g/mol. The zero-order valence-electron chi connectivity index (χ0n) is 11.9. The van der Waals surface area contributed by atoms with Crippen LogP contribution in [0.3, 0.4) is 0 Å². The van der Waals surface area contributed by atoms with E-state index in [1.165, 1.54) is 38.0 Å². The van der Waals surface area contributed by atoms with E-state index >= 15 is 0 Å². The van der Waals surface area contributed by atoms with Crippen LogP contribution in [0.15, 0.2) is 0 Å². The molecule has 1 rings (SSSR count). The Morgan fingerprint density at radius 2 is 2.06 bits per heavy atom. The molecule has 102 valence electrons. The monoisotopic (exact) mass is 259 g/mol. The van der Waals surface area contributed by atoms with Crippen molar-refractivity contribution in [1.82, 2.24) is 5.32 Å². The van der Waals surface area contributed by atoms with Crippen molar-refractivity contribution in [2.24, 2.45) is 5.41 Å².